The molecule has 3 aliphatic heterocycles. The lowest BCUT2D eigenvalue weighted by molar-refractivity contribution is -0.134. The van der Waals surface area contributed by atoms with Gasteiger partial charge in [-0.05, 0) is 42.3 Å². The Morgan fingerprint density at radius 3 is 2.07 bits per heavy atom. The smallest absolute Gasteiger partial charge is 0.273 e. The highest BCUT2D eigenvalue weighted by atomic mass is 32.1. The van der Waals surface area contributed by atoms with Crippen LogP contribution in [0.5, 0.6) is 5.75 Å². The van der Waals surface area contributed by atoms with Crippen LogP contribution in [0.2, 0.25) is 0 Å². The molecule has 0 unspecified atom stereocenters. The number of hydrogen-bond acceptors (Lipinski definition) is 23. The zero-order valence-corrected chi connectivity index (χ0v) is 49.7. The fourth-order valence-corrected chi connectivity index (χ4v) is 15.4. The summed E-state index contributed by atoms with van der Waals surface area (Å²) < 4.78 is 0. The number of likely N-dealkylation sites (tertiary alicyclic amines) is 1. The Hall–Kier alpha value is -8.13. The van der Waals surface area contributed by atoms with Crippen molar-refractivity contribution in [3.8, 4) is 49.1 Å². The molecule has 0 aliphatic carbocycles. The summed E-state index contributed by atoms with van der Waals surface area (Å²) in [5, 5.41) is 52.7. The number of thiazole rings is 6. The molecule has 23 nitrogen and oxygen atoms in total. The molecule has 6 amide bonds. The Balaban J connectivity index is 0.952. The monoisotopic (exact) mass is 1250 g/mol. The molecular weight excluding hydrogens is 1210 g/mol. The number of aryl methyl sites for hydroxylation is 1. The number of rotatable bonds is 8. The highest BCUT2D eigenvalue weighted by Crippen LogP contribution is 2.43. The first-order valence-electron chi connectivity index (χ1n) is 26.4. The van der Waals surface area contributed by atoms with Crippen LogP contribution in [-0.2, 0) is 16.0 Å². The van der Waals surface area contributed by atoms with Gasteiger partial charge in [0.2, 0.25) is 11.8 Å². The van der Waals surface area contributed by atoms with Gasteiger partial charge in [-0.25, -0.2) is 34.9 Å². The van der Waals surface area contributed by atoms with E-state index < -0.39 is 78.2 Å². The normalized spacial score (nSPS) is 20.7. The van der Waals surface area contributed by atoms with E-state index >= 15 is 4.79 Å². The van der Waals surface area contributed by atoms with Crippen LogP contribution in [0, 0.1) is 12.8 Å². The fraction of sp³-hybridized carbons (Fsp3) is 0.268. The van der Waals surface area contributed by atoms with E-state index in [1.807, 2.05) is 12.3 Å². The maximum atomic E-state index is 15.2. The first-order chi connectivity index (χ1) is 40.9. The van der Waals surface area contributed by atoms with Gasteiger partial charge in [0.15, 0.2) is 0 Å². The summed E-state index contributed by atoms with van der Waals surface area (Å²) >= 11 is 7.01. The van der Waals surface area contributed by atoms with Gasteiger partial charge in [-0.15, -0.1) is 68.0 Å². The molecule has 7 aromatic heterocycles. The maximum Gasteiger partial charge on any atom is 0.273 e. The van der Waals surface area contributed by atoms with E-state index in [1.54, 1.807) is 82.6 Å². The Morgan fingerprint density at radius 1 is 0.671 bits per heavy atom. The minimum absolute atomic E-state index is 0.0000151. The number of benzene rings is 2. The van der Waals surface area contributed by atoms with Crippen LogP contribution in [0.1, 0.15) is 111 Å². The number of fused-ring (bicyclic) bond motifs is 16. The van der Waals surface area contributed by atoms with Crippen LogP contribution >= 0.6 is 68.0 Å². The van der Waals surface area contributed by atoms with Crippen LogP contribution in [0.15, 0.2) is 93.6 Å². The molecular formula is C56H50N14O9S6. The van der Waals surface area contributed by atoms with Crippen molar-refractivity contribution in [2.75, 3.05) is 19.6 Å². The van der Waals surface area contributed by atoms with Crippen molar-refractivity contribution < 1.29 is 44.1 Å². The number of nitrogens with two attached hydrogens (primary N) is 2. The maximum absolute atomic E-state index is 15.2. The molecule has 12 rings (SSSR count). The molecule has 2 fully saturated rings. The van der Waals surface area contributed by atoms with Gasteiger partial charge in [0.05, 0.1) is 30.3 Å². The lowest BCUT2D eigenvalue weighted by Crippen LogP contribution is -2.57. The molecule has 3 aliphatic rings. The minimum atomic E-state index is -1.41. The lowest BCUT2D eigenvalue weighted by atomic mass is 10.00. The van der Waals surface area contributed by atoms with Crippen molar-refractivity contribution in [2.24, 2.45) is 17.4 Å². The van der Waals surface area contributed by atoms with E-state index in [1.165, 1.54) is 56.4 Å². The number of aliphatic hydroxyl groups excluding tert-OH is 2. The van der Waals surface area contributed by atoms with Crippen molar-refractivity contribution in [2.45, 2.75) is 69.1 Å². The van der Waals surface area contributed by atoms with Gasteiger partial charge in [-0.2, -0.15) is 0 Å². The topological polar surface area (TPSA) is 348 Å². The Kier molecular flexibility index (Phi) is 16.0. The van der Waals surface area contributed by atoms with Crippen LogP contribution < -0.4 is 27.4 Å². The Labute approximate surface area is 507 Å². The van der Waals surface area contributed by atoms with E-state index in [-0.39, 0.29) is 63.5 Å². The van der Waals surface area contributed by atoms with Gasteiger partial charge < -0.3 is 52.5 Å². The summed E-state index contributed by atoms with van der Waals surface area (Å²) in [6.07, 6.45) is -2.80. The van der Waals surface area contributed by atoms with Crippen molar-refractivity contribution in [3.63, 3.8) is 0 Å². The van der Waals surface area contributed by atoms with E-state index in [0.717, 1.165) is 34.0 Å². The Morgan fingerprint density at radius 2 is 1.32 bits per heavy atom. The Bertz CT molecular complexity index is 4040. The predicted octanol–water partition coefficient (Wildman–Crippen LogP) is 6.07. The zero-order valence-electron chi connectivity index (χ0n) is 44.8. The van der Waals surface area contributed by atoms with E-state index in [0.29, 0.717) is 77.5 Å². The summed E-state index contributed by atoms with van der Waals surface area (Å²) in [6, 6.07) is 13.8. The average molecular weight is 1260 g/mol. The predicted molar refractivity (Wildman–Crippen MR) is 320 cm³/mol. The number of aliphatic hydroxyl groups is 2. The zero-order chi connectivity index (χ0) is 59.4. The number of amides is 6. The van der Waals surface area contributed by atoms with Crippen molar-refractivity contribution >= 4 is 103 Å². The molecule has 10 bridgehead atoms. The van der Waals surface area contributed by atoms with Crippen molar-refractivity contribution in [1.29, 1.82) is 0 Å². The molecule has 2 aromatic carbocycles. The summed E-state index contributed by atoms with van der Waals surface area (Å²) in [7, 11) is 0. The van der Waals surface area contributed by atoms with Crippen LogP contribution in [0.25, 0.3) is 43.4 Å². The molecule has 0 spiro atoms. The molecule has 85 heavy (non-hydrogen) atoms. The largest absolute Gasteiger partial charge is 0.508 e. The second-order valence-corrected chi connectivity index (χ2v) is 26.1. The first kappa shape index (κ1) is 57.3. The highest BCUT2D eigenvalue weighted by molar-refractivity contribution is 7.15. The van der Waals surface area contributed by atoms with Gasteiger partial charge in [0, 0.05) is 75.4 Å². The van der Waals surface area contributed by atoms with E-state index in [2.05, 4.69) is 30.9 Å². The third kappa shape index (κ3) is 11.7. The second kappa shape index (κ2) is 23.7. The number of nitrogens with zero attached hydrogens (tertiary/aromatic N) is 9. The van der Waals surface area contributed by atoms with Crippen LogP contribution in [-0.4, -0.2) is 133 Å². The molecule has 29 heteroatoms. The number of aromatic nitrogens is 7. The number of hydrogen-bond donors (Lipinski definition) is 8. The number of phenols is 1. The minimum Gasteiger partial charge on any atom is -0.508 e. The summed E-state index contributed by atoms with van der Waals surface area (Å²) in [4.78, 5) is 122. The molecule has 9 aromatic rings. The van der Waals surface area contributed by atoms with Gasteiger partial charge in [-0.1, -0.05) is 49.4 Å². The van der Waals surface area contributed by atoms with E-state index in [4.69, 9.17) is 31.4 Å². The first-order valence-corrected chi connectivity index (χ1v) is 31.7. The average Bonchev–Trinajstić information content (AvgIpc) is 2.64. The third-order valence-corrected chi connectivity index (χ3v) is 20.2. The molecule has 0 radical (unpaired) electrons. The van der Waals surface area contributed by atoms with Gasteiger partial charge >= 0.3 is 0 Å². The van der Waals surface area contributed by atoms with Crippen molar-refractivity contribution in [1.82, 2.24) is 60.6 Å². The number of aromatic hydroxyl groups is 1. The summed E-state index contributed by atoms with van der Waals surface area (Å²) in [5.74, 6) is -4.21. The second-order valence-electron chi connectivity index (χ2n) is 20.5. The van der Waals surface area contributed by atoms with Crippen molar-refractivity contribution in [3.05, 3.63) is 147 Å². The molecule has 10 N–H and O–H groups in total. The number of phenolic OH excluding ortho intramolecular Hbond substituents is 1. The molecule has 7 atom stereocenters. The number of nitrogens with one attached hydrogen (secondary N) is 3. The number of carbonyl (C=O) groups excluding carboxylic acids is 6. The van der Waals surface area contributed by atoms with Crippen LogP contribution in [0.4, 0.5) is 0 Å². The van der Waals surface area contributed by atoms with Gasteiger partial charge in [-0.3, -0.25) is 28.8 Å². The third-order valence-electron chi connectivity index (χ3n) is 14.6. The van der Waals surface area contributed by atoms with Crippen LogP contribution in [0.3, 0.4) is 0 Å². The highest BCUT2D eigenvalue weighted by Gasteiger charge is 2.46. The molecule has 0 saturated carbocycles. The number of carbonyl (C=O) groups is 6. The SMILES string of the molecule is Cc1sc2nc1C(=O)N[C@@H]([C@H](O)c1ccccc1)c1nc(cs1)C(=O)N[C@@H](Cc1ccc(O)cc1)C(=O)N1C[C@H](O)[C@H](C)[C@@H]1c1nc(cs1)-c1nc(cs1)-c1nc(-c3nc(C(=O)N4CC(N)C4)cs3)ccc1-c1nc(cs1)C(=O)N[C@H]2CC(N)=O. The number of primary amides is 1. The standard InChI is InChI=1S/C56H50N14O9S6/c1-24-39(72)18-70-44(24)54-65-37(22-84-54)51-62-34(19-81-51)42-30(12-13-31(59-42)50-66-38(23-82-50)55(78)69-16-28(57)17-69)49-63-35(20-80-49)46(75)60-32(15-40(58)73)52-68-41(25(2)85-52)48(77)67-43(45(74)27-6-4-3-5-7-27)53-64-36(21-83-53)47(76)61-33(56(70)79)14-26-8-10-29(71)11-9-26/h3-13,19-24,28,32-33,39,43-45,71-72,74H,14-18,57H2,1-2H3,(H2,58,73)(H,60,75)(H,61,76)(H,67,77)/t24-,32-,33-,39-,43-,44+,45+/m0/s1. The summed E-state index contributed by atoms with van der Waals surface area (Å²) in [6.45, 7) is 4.23. The fourth-order valence-electron chi connectivity index (χ4n) is 10.1. The molecule has 434 valence electrons. The molecule has 2 saturated heterocycles. The van der Waals surface area contributed by atoms with Gasteiger partial charge in [0.1, 0.15) is 93.8 Å². The quantitative estimate of drug-likeness (QED) is 0.0855. The summed E-state index contributed by atoms with van der Waals surface area (Å²) in [5.41, 5.74) is 15.0. The van der Waals surface area contributed by atoms with E-state index in [9.17, 15) is 39.3 Å². The van der Waals surface area contributed by atoms with Gasteiger partial charge in [0.25, 0.3) is 23.6 Å². The number of pyridine rings is 1. The molecule has 10 heterocycles. The lowest BCUT2D eigenvalue weighted by Gasteiger charge is -2.36.